The van der Waals surface area contributed by atoms with E-state index < -0.39 is 54.0 Å². The van der Waals surface area contributed by atoms with Gasteiger partial charge in [0.1, 0.15) is 63.3 Å². The SMILES string of the molecule is C=C(C)C(=O)Nc1ccc(O)cc1.C=C(C)C(=O)OCC(O)COC(=O)C(=C)C.C=C(C)C(=O)OCCCCO.C=C(C)C(=O)OCCO.C=CC(=O)Nc1ccc(O)cc1.C=CC(=O)OCC(O)COC(=O)C(=C)C.C=CC(=O)OCCCCO.C=CC(=O)OCCO. The highest BCUT2D eigenvalue weighted by Crippen LogP contribution is 2.15. The molecule has 28 nitrogen and oxygen atoms in total. The van der Waals surface area contributed by atoms with E-state index in [1.807, 2.05) is 0 Å². The van der Waals surface area contributed by atoms with Gasteiger partial charge in [-0.2, -0.15) is 0 Å². The summed E-state index contributed by atoms with van der Waals surface area (Å²) < 4.78 is 36.6. The molecule has 1 atom stereocenters. The minimum absolute atomic E-state index is 0.0465. The van der Waals surface area contributed by atoms with E-state index in [4.69, 9.17) is 35.4 Å². The maximum absolute atomic E-state index is 11.1. The van der Waals surface area contributed by atoms with Crippen molar-refractivity contribution in [3.8, 4) is 11.5 Å². The van der Waals surface area contributed by atoms with Gasteiger partial charge in [-0.15, -0.1) is 0 Å². The number of hydrogen-bond donors (Lipinski definition) is 10. The van der Waals surface area contributed by atoms with Crippen molar-refractivity contribution >= 4 is 70.9 Å². The molecule has 0 bridgehead atoms. The van der Waals surface area contributed by atoms with Crippen LogP contribution in [0.15, 0.2) is 172 Å². The fourth-order valence-corrected chi connectivity index (χ4v) is 4.15. The molecule has 0 saturated heterocycles. The number of nitrogens with one attached hydrogen (secondary N) is 2. The summed E-state index contributed by atoms with van der Waals surface area (Å²) >= 11 is 0. The number of aliphatic hydroxyl groups is 6. The standard InChI is InChI=1S/C11H16O5.C10H11NO2.C10H14O5.C9H9NO2.C8H14O3.C7H12O3.C6H10O3.C5H8O3/c1-7(2)10(13)15-5-9(12)6-16-11(14)8(3)4;1-7(2)10(13)11-8-3-5-9(12)6-4-8;1-4-9(12)14-5-8(11)6-15-10(13)7(2)3;1-2-9(12)10-7-3-5-8(11)6-4-7;1-7(2)8(10)11-6-4-3-5-9;1-2-7(9)10-6-4-3-5-8;1-5(2)6(8)9-4-3-7;1-2-5(7)8-4-3-6/h9,12H,1,3,5-6H2,2,4H3;3-6,12H,1H2,2H3,(H,11,13);4,8,11H,1-2,5-6H2,3H3;2-6,11H,1H2,(H,10,12);9H,1,3-6H2,2H3;2,8H,1,3-6H2;7H,1,3-4H2,2H3;2,6H,1,3-4H2. The second-order valence-corrected chi connectivity index (χ2v) is 18.2. The Kier molecular flexibility index (Phi) is 63.7. The number of aliphatic hydroxyl groups excluding tert-OH is 6. The van der Waals surface area contributed by atoms with Crippen molar-refractivity contribution in [2.24, 2.45) is 0 Å². The normalized spacial score (nSPS) is 9.46. The molecule has 0 aliphatic heterocycles. The number of unbranched alkanes of at least 4 members (excludes halogenated alkanes) is 2. The Balaban J connectivity index is -0.000000237. The van der Waals surface area contributed by atoms with Gasteiger partial charge < -0.3 is 89.4 Å². The van der Waals surface area contributed by atoms with Gasteiger partial charge >= 0.3 is 47.8 Å². The zero-order chi connectivity index (χ0) is 73.6. The minimum Gasteiger partial charge on any atom is -0.508 e. The van der Waals surface area contributed by atoms with Crippen molar-refractivity contribution in [1.29, 1.82) is 0 Å². The molecule has 0 heterocycles. The molecule has 2 aromatic carbocycles. The Morgan fingerprint density at radius 1 is 0.372 bits per heavy atom. The summed E-state index contributed by atoms with van der Waals surface area (Å²) in [6, 6.07) is 12.5. The first kappa shape index (κ1) is 95.0. The van der Waals surface area contributed by atoms with E-state index >= 15 is 0 Å². The number of aromatic hydroxyl groups is 2. The van der Waals surface area contributed by atoms with Crippen LogP contribution in [-0.4, -0.2) is 192 Å². The summed E-state index contributed by atoms with van der Waals surface area (Å²) in [5.41, 5.74) is 3.22. The van der Waals surface area contributed by atoms with Crippen molar-refractivity contribution in [3.63, 3.8) is 0 Å². The van der Waals surface area contributed by atoms with Gasteiger partial charge in [-0.05, 0) is 122 Å². The second-order valence-electron chi connectivity index (χ2n) is 18.2. The highest BCUT2D eigenvalue weighted by atomic mass is 16.6. The number of phenolic OH excluding ortho intramolecular Hbond substituents is 2. The van der Waals surface area contributed by atoms with Crippen LogP contribution in [0.2, 0.25) is 0 Å². The Bertz CT molecular complexity index is 2680. The number of rotatable bonds is 32. The molecule has 2 aromatic rings. The number of carbonyl (C=O) groups is 10. The van der Waals surface area contributed by atoms with E-state index in [1.54, 1.807) is 45.0 Å². The zero-order valence-electron chi connectivity index (χ0n) is 54.4. The van der Waals surface area contributed by atoms with Gasteiger partial charge in [0.2, 0.25) is 5.91 Å². The molecule has 28 heteroatoms. The van der Waals surface area contributed by atoms with E-state index in [-0.39, 0.29) is 112 Å². The summed E-state index contributed by atoms with van der Waals surface area (Å²) in [6.07, 6.45) is 5.00. The molecule has 524 valence electrons. The molecule has 1 unspecified atom stereocenters. The maximum Gasteiger partial charge on any atom is 0.333 e. The van der Waals surface area contributed by atoms with Gasteiger partial charge in [-0.25, -0.2) is 38.4 Å². The van der Waals surface area contributed by atoms with Crippen molar-refractivity contribution < 1.29 is 127 Å². The Morgan fingerprint density at radius 2 is 0.649 bits per heavy atom. The van der Waals surface area contributed by atoms with Gasteiger partial charge in [-0.3, -0.25) is 9.59 Å². The topological polar surface area (TPSA) is 430 Å². The summed E-state index contributed by atoms with van der Waals surface area (Å²) in [5.74, 6) is -4.27. The third kappa shape index (κ3) is 66.3. The largest absolute Gasteiger partial charge is 0.508 e. The minimum atomic E-state index is -1.05. The lowest BCUT2D eigenvalue weighted by molar-refractivity contribution is -0.148. The molecule has 0 fully saturated rings. The van der Waals surface area contributed by atoms with Crippen molar-refractivity contribution in [3.05, 3.63) is 172 Å². The van der Waals surface area contributed by atoms with E-state index in [2.05, 4.69) is 110 Å². The number of ether oxygens (including phenoxy) is 8. The monoisotopic (exact) mass is 1330 g/mol. The van der Waals surface area contributed by atoms with Crippen LogP contribution in [-0.2, 0) is 85.8 Å². The zero-order valence-corrected chi connectivity index (χ0v) is 54.4. The number of anilines is 2. The lowest BCUT2D eigenvalue weighted by Crippen LogP contribution is -2.25. The first-order chi connectivity index (χ1) is 44.1. The summed E-state index contributed by atoms with van der Waals surface area (Å²) in [4.78, 5) is 107. The van der Waals surface area contributed by atoms with Gasteiger partial charge in [-0.1, -0.05) is 65.8 Å². The van der Waals surface area contributed by atoms with Crippen LogP contribution < -0.4 is 10.6 Å². The fraction of sp³-hybridized carbons (Fsp3) is 0.364. The summed E-state index contributed by atoms with van der Waals surface area (Å²) in [7, 11) is 0. The first-order valence-corrected chi connectivity index (χ1v) is 27.9. The van der Waals surface area contributed by atoms with Gasteiger partial charge in [0.15, 0.2) is 0 Å². The van der Waals surface area contributed by atoms with Crippen LogP contribution in [0, 0.1) is 0 Å². The van der Waals surface area contributed by atoms with E-state index in [1.165, 1.54) is 51.1 Å². The van der Waals surface area contributed by atoms with Crippen LogP contribution in [0.3, 0.4) is 0 Å². The predicted octanol–water partition coefficient (Wildman–Crippen LogP) is 5.38. The number of phenols is 2. The first-order valence-electron chi connectivity index (χ1n) is 27.9. The average molecular weight is 1330 g/mol. The lowest BCUT2D eigenvalue weighted by atomic mass is 10.2. The molecule has 2 rings (SSSR count). The fourth-order valence-electron chi connectivity index (χ4n) is 4.15. The van der Waals surface area contributed by atoms with Crippen molar-refractivity contribution in [1.82, 2.24) is 0 Å². The van der Waals surface area contributed by atoms with Gasteiger partial charge in [0.05, 0.1) is 26.4 Å². The van der Waals surface area contributed by atoms with Crippen LogP contribution in [0.1, 0.15) is 67.2 Å². The number of amides is 2. The number of esters is 8. The molecule has 10 N–H and O–H groups in total. The summed E-state index contributed by atoms with van der Waals surface area (Å²) in [5, 5.41) is 74.6. The van der Waals surface area contributed by atoms with Crippen molar-refractivity contribution in [2.75, 3.05) is 89.9 Å². The van der Waals surface area contributed by atoms with Crippen LogP contribution in [0.25, 0.3) is 0 Å². The van der Waals surface area contributed by atoms with Gasteiger partial charge in [0.25, 0.3) is 5.91 Å². The molecular formula is C66H94N2O26. The average Bonchev–Trinajstić information content (AvgIpc) is 1.95. The number of carbonyl (C=O) groups excluding carboxylic acids is 10. The second kappa shape index (κ2) is 63.1. The van der Waals surface area contributed by atoms with Crippen LogP contribution >= 0.6 is 0 Å². The molecule has 2 amide bonds. The highest BCUT2D eigenvalue weighted by molar-refractivity contribution is 6.03. The third-order valence-electron chi connectivity index (χ3n) is 8.96. The molecule has 0 aliphatic rings. The number of hydrogen-bond acceptors (Lipinski definition) is 26. The maximum atomic E-state index is 11.1. The quantitative estimate of drug-likeness (QED) is 0.0144. The molecule has 0 spiro atoms. The molecule has 0 saturated carbocycles. The molecule has 0 aromatic heterocycles. The molecule has 94 heavy (non-hydrogen) atoms. The number of benzene rings is 2. The van der Waals surface area contributed by atoms with E-state index in [0.29, 0.717) is 67.0 Å². The molecule has 0 radical (unpaired) electrons. The van der Waals surface area contributed by atoms with Crippen molar-refractivity contribution in [2.45, 2.75) is 79.4 Å². The summed E-state index contributed by atoms with van der Waals surface area (Å²) in [6.45, 7) is 42.5. The predicted molar refractivity (Wildman–Crippen MR) is 350 cm³/mol. The van der Waals surface area contributed by atoms with E-state index in [9.17, 15) is 58.2 Å². The Hall–Kier alpha value is -10.1. The lowest BCUT2D eigenvalue weighted by Gasteiger charge is -2.11. The third-order valence-corrected chi connectivity index (χ3v) is 8.96. The molecular weight excluding hydrogens is 1240 g/mol. The van der Waals surface area contributed by atoms with Crippen LogP contribution in [0.5, 0.6) is 11.5 Å². The Labute approximate surface area is 548 Å². The smallest absolute Gasteiger partial charge is 0.333 e. The Morgan fingerprint density at radius 3 is 0.947 bits per heavy atom. The molecule has 0 aliphatic carbocycles. The van der Waals surface area contributed by atoms with E-state index in [0.717, 1.165) is 18.2 Å². The van der Waals surface area contributed by atoms with Gasteiger partial charge in [0, 0.05) is 76.3 Å². The van der Waals surface area contributed by atoms with Crippen LogP contribution in [0.4, 0.5) is 11.4 Å². The highest BCUT2D eigenvalue weighted by Gasteiger charge is 2.13.